The molecular formula is C16H20ClN3. The average Bonchev–Trinajstić information content (AvgIpc) is 3.09. The van der Waals surface area contributed by atoms with Crippen molar-refractivity contribution in [3.63, 3.8) is 0 Å². The number of benzene rings is 1. The van der Waals surface area contributed by atoms with Gasteiger partial charge < -0.3 is 5.73 Å². The zero-order valence-corrected chi connectivity index (χ0v) is 12.3. The lowest BCUT2D eigenvalue weighted by atomic mass is 10.0. The van der Waals surface area contributed by atoms with E-state index in [9.17, 15) is 0 Å². The molecule has 0 radical (unpaired) electrons. The highest BCUT2D eigenvalue weighted by Gasteiger charge is 2.18. The first kappa shape index (κ1) is 13.7. The quantitative estimate of drug-likeness (QED) is 0.928. The molecular weight excluding hydrogens is 270 g/mol. The standard InChI is InChI=1S/C16H20ClN3/c17-15-8-4-3-7-14(15)16(18)11-12-9-10-20(19-12)13-5-1-2-6-13/h3-4,7-10,13,16H,1-2,5-6,11,18H2. The summed E-state index contributed by atoms with van der Waals surface area (Å²) in [6, 6.07) is 10.3. The maximum absolute atomic E-state index is 6.26. The Balaban J connectivity index is 1.70. The zero-order valence-electron chi connectivity index (χ0n) is 11.5. The number of halogens is 1. The van der Waals surface area contributed by atoms with Gasteiger partial charge in [0.15, 0.2) is 0 Å². The van der Waals surface area contributed by atoms with Gasteiger partial charge in [-0.15, -0.1) is 0 Å². The van der Waals surface area contributed by atoms with Crippen LogP contribution in [0.5, 0.6) is 0 Å². The van der Waals surface area contributed by atoms with E-state index in [2.05, 4.69) is 22.0 Å². The van der Waals surface area contributed by atoms with Crippen LogP contribution in [0.3, 0.4) is 0 Å². The second-order valence-corrected chi connectivity index (χ2v) is 5.96. The highest BCUT2D eigenvalue weighted by molar-refractivity contribution is 6.31. The molecule has 1 aromatic carbocycles. The maximum Gasteiger partial charge on any atom is 0.0643 e. The van der Waals surface area contributed by atoms with Crippen LogP contribution in [0.4, 0.5) is 0 Å². The van der Waals surface area contributed by atoms with E-state index in [1.807, 2.05) is 24.3 Å². The fourth-order valence-corrected chi connectivity index (χ4v) is 3.25. The Hall–Kier alpha value is -1.32. The number of hydrogen-bond acceptors (Lipinski definition) is 2. The number of nitrogens with zero attached hydrogens (tertiary/aromatic N) is 2. The summed E-state index contributed by atoms with van der Waals surface area (Å²) in [4.78, 5) is 0. The van der Waals surface area contributed by atoms with Crippen LogP contribution in [-0.2, 0) is 6.42 Å². The van der Waals surface area contributed by atoms with Gasteiger partial charge >= 0.3 is 0 Å². The summed E-state index contributed by atoms with van der Waals surface area (Å²) in [5.41, 5.74) is 8.29. The summed E-state index contributed by atoms with van der Waals surface area (Å²) < 4.78 is 2.11. The molecule has 1 aromatic heterocycles. The summed E-state index contributed by atoms with van der Waals surface area (Å²) in [6.07, 6.45) is 7.95. The first-order valence-corrected chi connectivity index (χ1v) is 7.66. The number of hydrogen-bond donors (Lipinski definition) is 1. The van der Waals surface area contributed by atoms with Gasteiger partial charge in [-0.3, -0.25) is 4.68 Å². The van der Waals surface area contributed by atoms with Gasteiger partial charge in [0.2, 0.25) is 0 Å². The van der Waals surface area contributed by atoms with Crippen molar-refractivity contribution in [2.45, 2.75) is 44.2 Å². The summed E-state index contributed by atoms with van der Waals surface area (Å²) in [5.74, 6) is 0. The third-order valence-corrected chi connectivity index (χ3v) is 4.44. The van der Waals surface area contributed by atoms with E-state index in [1.54, 1.807) is 0 Å². The van der Waals surface area contributed by atoms with E-state index in [0.29, 0.717) is 6.04 Å². The van der Waals surface area contributed by atoms with Crippen LogP contribution in [0.1, 0.15) is 49.0 Å². The van der Waals surface area contributed by atoms with E-state index < -0.39 is 0 Å². The molecule has 0 amide bonds. The van der Waals surface area contributed by atoms with E-state index in [0.717, 1.165) is 22.7 Å². The van der Waals surface area contributed by atoms with E-state index in [-0.39, 0.29) is 6.04 Å². The fraction of sp³-hybridized carbons (Fsp3) is 0.438. The molecule has 1 heterocycles. The van der Waals surface area contributed by atoms with Crippen molar-refractivity contribution in [1.29, 1.82) is 0 Å². The predicted molar refractivity (Wildman–Crippen MR) is 81.8 cm³/mol. The lowest BCUT2D eigenvalue weighted by Crippen LogP contribution is -2.14. The number of aromatic nitrogens is 2. The fourth-order valence-electron chi connectivity index (χ4n) is 2.97. The van der Waals surface area contributed by atoms with E-state index in [1.165, 1.54) is 25.7 Å². The molecule has 0 bridgehead atoms. The third kappa shape index (κ3) is 2.89. The predicted octanol–water partition coefficient (Wildman–Crippen LogP) is 3.89. The van der Waals surface area contributed by atoms with Crippen molar-refractivity contribution in [2.75, 3.05) is 0 Å². The van der Waals surface area contributed by atoms with Gasteiger partial charge in [-0.25, -0.2) is 0 Å². The molecule has 1 atom stereocenters. The smallest absolute Gasteiger partial charge is 0.0643 e. The molecule has 0 spiro atoms. The molecule has 1 aliphatic carbocycles. The molecule has 106 valence electrons. The lowest BCUT2D eigenvalue weighted by molar-refractivity contribution is 0.461. The minimum atomic E-state index is -0.101. The minimum Gasteiger partial charge on any atom is -0.324 e. The van der Waals surface area contributed by atoms with Gasteiger partial charge in [0.05, 0.1) is 11.7 Å². The molecule has 1 saturated carbocycles. The van der Waals surface area contributed by atoms with Gasteiger partial charge in [0.1, 0.15) is 0 Å². The van der Waals surface area contributed by atoms with Crippen molar-refractivity contribution in [3.8, 4) is 0 Å². The minimum absolute atomic E-state index is 0.101. The Morgan fingerprint density at radius 3 is 2.75 bits per heavy atom. The van der Waals surface area contributed by atoms with Gasteiger partial charge in [0.25, 0.3) is 0 Å². The monoisotopic (exact) mass is 289 g/mol. The molecule has 1 aliphatic rings. The van der Waals surface area contributed by atoms with Crippen LogP contribution in [0, 0.1) is 0 Å². The second-order valence-electron chi connectivity index (χ2n) is 5.56. The lowest BCUT2D eigenvalue weighted by Gasteiger charge is -2.12. The first-order chi connectivity index (χ1) is 9.74. The third-order valence-electron chi connectivity index (χ3n) is 4.10. The maximum atomic E-state index is 6.26. The van der Waals surface area contributed by atoms with Crippen LogP contribution >= 0.6 is 11.6 Å². The molecule has 20 heavy (non-hydrogen) atoms. The molecule has 1 fully saturated rings. The van der Waals surface area contributed by atoms with Gasteiger partial charge in [0, 0.05) is 23.7 Å². The average molecular weight is 290 g/mol. The summed E-state index contributed by atoms with van der Waals surface area (Å²) in [6.45, 7) is 0. The Morgan fingerprint density at radius 2 is 2.00 bits per heavy atom. The second kappa shape index (κ2) is 5.98. The summed E-state index contributed by atoms with van der Waals surface area (Å²) in [5, 5.41) is 5.41. The molecule has 2 aromatic rings. The largest absolute Gasteiger partial charge is 0.324 e. The Labute approximate surface area is 124 Å². The summed E-state index contributed by atoms with van der Waals surface area (Å²) in [7, 11) is 0. The number of nitrogens with two attached hydrogens (primary N) is 1. The van der Waals surface area contributed by atoms with Crippen molar-refractivity contribution < 1.29 is 0 Å². The van der Waals surface area contributed by atoms with Crippen LogP contribution in [0.25, 0.3) is 0 Å². The van der Waals surface area contributed by atoms with Crippen molar-refractivity contribution in [3.05, 3.63) is 52.8 Å². The molecule has 4 heteroatoms. The van der Waals surface area contributed by atoms with Crippen LogP contribution in [0.15, 0.2) is 36.5 Å². The highest BCUT2D eigenvalue weighted by atomic mass is 35.5. The Bertz CT molecular complexity index is 573. The van der Waals surface area contributed by atoms with Gasteiger partial charge in [-0.2, -0.15) is 5.10 Å². The van der Waals surface area contributed by atoms with Gasteiger partial charge in [-0.05, 0) is 30.5 Å². The SMILES string of the molecule is NC(Cc1ccn(C2CCCC2)n1)c1ccccc1Cl. The Kier molecular flexibility index (Phi) is 4.08. The van der Waals surface area contributed by atoms with Crippen LogP contribution in [-0.4, -0.2) is 9.78 Å². The topological polar surface area (TPSA) is 43.8 Å². The molecule has 0 saturated heterocycles. The highest BCUT2D eigenvalue weighted by Crippen LogP contribution is 2.29. The Morgan fingerprint density at radius 1 is 1.25 bits per heavy atom. The van der Waals surface area contributed by atoms with Gasteiger partial charge in [-0.1, -0.05) is 42.6 Å². The van der Waals surface area contributed by atoms with Crippen molar-refractivity contribution in [1.82, 2.24) is 9.78 Å². The molecule has 3 rings (SSSR count). The van der Waals surface area contributed by atoms with Crippen molar-refractivity contribution in [2.24, 2.45) is 5.73 Å². The van der Waals surface area contributed by atoms with E-state index in [4.69, 9.17) is 17.3 Å². The summed E-state index contributed by atoms with van der Waals surface area (Å²) >= 11 is 6.19. The van der Waals surface area contributed by atoms with Crippen molar-refractivity contribution >= 4 is 11.6 Å². The molecule has 0 aliphatic heterocycles. The van der Waals surface area contributed by atoms with E-state index >= 15 is 0 Å². The first-order valence-electron chi connectivity index (χ1n) is 7.28. The molecule has 2 N–H and O–H groups in total. The van der Waals surface area contributed by atoms with Crippen LogP contribution in [0.2, 0.25) is 5.02 Å². The normalized spacial score (nSPS) is 17.5. The van der Waals surface area contributed by atoms with Crippen LogP contribution < -0.4 is 5.73 Å². The molecule has 1 unspecified atom stereocenters. The zero-order chi connectivity index (χ0) is 13.9. The number of rotatable bonds is 4. The molecule has 3 nitrogen and oxygen atoms in total.